The average Bonchev–Trinajstić information content (AvgIpc) is 3.57. The maximum absolute atomic E-state index is 6.49. The van der Waals surface area contributed by atoms with E-state index in [0.717, 1.165) is 11.3 Å². The van der Waals surface area contributed by atoms with E-state index in [1.54, 1.807) is 16.7 Å². The summed E-state index contributed by atoms with van der Waals surface area (Å²) >= 11 is 0. The molecule has 8 atom stereocenters. The summed E-state index contributed by atoms with van der Waals surface area (Å²) in [6.07, 6.45) is 8.12. The van der Waals surface area contributed by atoms with Gasteiger partial charge in [0.1, 0.15) is 5.76 Å². The van der Waals surface area contributed by atoms with E-state index in [1.807, 2.05) is 7.11 Å². The van der Waals surface area contributed by atoms with E-state index in [1.165, 1.54) is 46.2 Å². The van der Waals surface area contributed by atoms with E-state index in [2.05, 4.69) is 178 Å². The van der Waals surface area contributed by atoms with Crippen LogP contribution in [0.2, 0.25) is 24.2 Å². The lowest BCUT2D eigenvalue weighted by atomic mass is 9.69. The normalized spacial score (nSPS) is 29.6. The van der Waals surface area contributed by atoms with Crippen molar-refractivity contribution in [2.75, 3.05) is 7.11 Å². The minimum atomic E-state index is -1.92. The molecule has 4 aliphatic carbocycles. The molecule has 2 fully saturated rings. The molecule has 6 rings (SSSR count). The van der Waals surface area contributed by atoms with Crippen molar-refractivity contribution in [3.05, 3.63) is 105 Å². The van der Waals surface area contributed by atoms with Crippen LogP contribution in [0.25, 0.3) is 11.1 Å². The van der Waals surface area contributed by atoms with Crippen LogP contribution in [0.3, 0.4) is 0 Å². The molecule has 2 aromatic rings. The largest absolute Gasteiger partial charge is 0.496 e. The summed E-state index contributed by atoms with van der Waals surface area (Å²) in [5.41, 5.74) is 15.1. The van der Waals surface area contributed by atoms with Crippen molar-refractivity contribution < 1.29 is 4.74 Å². The molecule has 1 nitrogen and oxygen atoms in total. The highest BCUT2D eigenvalue weighted by Gasteiger charge is 2.59. The Morgan fingerprint density at radius 1 is 0.537 bits per heavy atom. The van der Waals surface area contributed by atoms with E-state index in [0.29, 0.717) is 41.0 Å². The summed E-state index contributed by atoms with van der Waals surface area (Å²) in [5, 5.41) is 0. The summed E-state index contributed by atoms with van der Waals surface area (Å²) in [6.45, 7) is 41.8. The van der Waals surface area contributed by atoms with Crippen LogP contribution in [0.5, 0.6) is 0 Å². The minimum Gasteiger partial charge on any atom is -0.496 e. The molecular formula is C52H76OSi. The number of benzene rings is 2. The summed E-state index contributed by atoms with van der Waals surface area (Å²) in [7, 11) is 0.000995. The van der Waals surface area contributed by atoms with Gasteiger partial charge in [-0.25, -0.2) is 0 Å². The summed E-state index contributed by atoms with van der Waals surface area (Å²) in [5.74, 6) is 4.70. The highest BCUT2D eigenvalue weighted by atomic mass is 28.3. The first-order chi connectivity index (χ1) is 24.8. The van der Waals surface area contributed by atoms with Gasteiger partial charge < -0.3 is 4.74 Å². The second-order valence-electron chi connectivity index (χ2n) is 23.0. The number of methoxy groups -OCH3 is 1. The second kappa shape index (κ2) is 13.8. The van der Waals surface area contributed by atoms with Crippen molar-refractivity contribution in [3.63, 3.8) is 0 Å². The Hall–Kier alpha value is -2.58. The first-order valence-electron chi connectivity index (χ1n) is 21.4. The lowest BCUT2D eigenvalue weighted by Gasteiger charge is -2.47. The van der Waals surface area contributed by atoms with Crippen molar-refractivity contribution in [2.24, 2.45) is 46.3 Å². The number of hydrogen-bond acceptors (Lipinski definition) is 1. The monoisotopic (exact) mass is 745 g/mol. The van der Waals surface area contributed by atoms with Crippen LogP contribution in [0.4, 0.5) is 0 Å². The summed E-state index contributed by atoms with van der Waals surface area (Å²) in [6, 6.07) is 19.3. The maximum Gasteiger partial charge on any atom is 0.126 e. The molecule has 0 aromatic heterocycles. The molecule has 0 amide bonds. The third-order valence-electron chi connectivity index (χ3n) is 14.7. The Balaban J connectivity index is 1.45. The quantitative estimate of drug-likeness (QED) is 0.277. The predicted octanol–water partition coefficient (Wildman–Crippen LogP) is 15.1. The molecule has 8 unspecified atom stereocenters. The van der Waals surface area contributed by atoms with E-state index in [-0.39, 0.29) is 21.7 Å². The zero-order valence-corrected chi connectivity index (χ0v) is 38.7. The van der Waals surface area contributed by atoms with Crippen LogP contribution in [0.1, 0.15) is 139 Å². The first-order valence-corrected chi connectivity index (χ1v) is 24.6. The van der Waals surface area contributed by atoms with Gasteiger partial charge in [-0.3, -0.25) is 0 Å². The zero-order chi connectivity index (χ0) is 40.1. The predicted molar refractivity (Wildman–Crippen MR) is 238 cm³/mol. The van der Waals surface area contributed by atoms with Crippen molar-refractivity contribution in [3.8, 4) is 0 Å². The smallest absolute Gasteiger partial charge is 0.126 e. The zero-order valence-electron chi connectivity index (χ0n) is 37.7. The Bertz CT molecular complexity index is 1850. The second-order valence-corrected chi connectivity index (χ2v) is 27.9. The van der Waals surface area contributed by atoms with E-state index in [4.69, 9.17) is 4.74 Å². The van der Waals surface area contributed by atoms with Crippen LogP contribution in [0, 0.1) is 46.3 Å². The van der Waals surface area contributed by atoms with Crippen LogP contribution in [-0.4, -0.2) is 15.2 Å². The topological polar surface area (TPSA) is 9.23 Å². The van der Waals surface area contributed by atoms with Crippen molar-refractivity contribution in [1.29, 1.82) is 0 Å². The number of rotatable bonds is 5. The highest BCUT2D eigenvalue weighted by Crippen LogP contribution is 2.67. The number of hydrogen-bond donors (Lipinski definition) is 0. The van der Waals surface area contributed by atoms with Gasteiger partial charge in [-0.1, -0.05) is 171 Å². The number of ether oxygens (including phenoxy) is 1. The molecular weight excluding hydrogens is 669 g/mol. The van der Waals surface area contributed by atoms with Gasteiger partial charge in [0.05, 0.1) is 15.2 Å². The van der Waals surface area contributed by atoms with Crippen molar-refractivity contribution >= 4 is 19.2 Å². The standard InChI is InChI=1S/C52H76OSi/c1-31-27-38-40(29-42(51(10,11)12)33(3)44(38)34-19-23-36(24-20-34)49(4,5)6)47(31)54(17,18)48-32(2)28-39-41(48)30-43(52(13,14)15)46(53-16)45(39)35-21-25-37(26-22-35)50(7,8)9/h19-26,29-32,38-41,47-48H,27-28H2,1-18H3. The van der Waals surface area contributed by atoms with E-state index < -0.39 is 8.07 Å². The van der Waals surface area contributed by atoms with Crippen molar-refractivity contribution in [1.82, 2.24) is 0 Å². The van der Waals surface area contributed by atoms with Gasteiger partial charge in [-0.05, 0) is 133 Å². The maximum atomic E-state index is 6.49. The van der Waals surface area contributed by atoms with Gasteiger partial charge in [0.2, 0.25) is 0 Å². The third kappa shape index (κ3) is 7.14. The lowest BCUT2D eigenvalue weighted by molar-refractivity contribution is 0.274. The fourth-order valence-electron chi connectivity index (χ4n) is 12.4. The fourth-order valence-corrected chi connectivity index (χ4v) is 18.7. The molecule has 0 aliphatic heterocycles. The highest BCUT2D eigenvalue weighted by molar-refractivity contribution is 6.80. The van der Waals surface area contributed by atoms with E-state index in [9.17, 15) is 0 Å². The molecule has 0 saturated heterocycles. The molecule has 0 radical (unpaired) electrons. The molecule has 54 heavy (non-hydrogen) atoms. The summed E-state index contributed by atoms with van der Waals surface area (Å²) in [4.78, 5) is 0. The minimum absolute atomic E-state index is 0.00574. The van der Waals surface area contributed by atoms with E-state index >= 15 is 0 Å². The molecule has 0 N–H and O–H groups in total. The Morgan fingerprint density at radius 2 is 0.907 bits per heavy atom. The summed E-state index contributed by atoms with van der Waals surface area (Å²) < 4.78 is 6.49. The Kier molecular flexibility index (Phi) is 10.5. The van der Waals surface area contributed by atoms with Gasteiger partial charge >= 0.3 is 0 Å². The molecule has 0 bridgehead atoms. The molecule has 0 spiro atoms. The number of allylic oxidation sites excluding steroid dienone is 7. The first kappa shape index (κ1) is 41.1. The number of fused-ring (bicyclic) bond motifs is 2. The van der Waals surface area contributed by atoms with Gasteiger partial charge in [0.15, 0.2) is 0 Å². The Labute approximate surface area is 333 Å². The molecule has 2 heteroatoms. The molecule has 2 aromatic carbocycles. The van der Waals surface area contributed by atoms with Crippen LogP contribution in [0.15, 0.2) is 83.2 Å². The average molecular weight is 745 g/mol. The SMILES string of the molecule is COC1=C(c2ccc(C(C)(C)C)cc2)C2CC(C)C([Si](C)(C)C3C(C)CC4C(c5ccc(C(C)(C)C)cc5)=C(C)C(C(C)(C)C)=CC43)C2C=C1C(C)(C)C. The fraction of sp³-hybridized carbons (Fsp3) is 0.615. The Morgan fingerprint density at radius 3 is 1.28 bits per heavy atom. The van der Waals surface area contributed by atoms with Gasteiger partial charge in [-0.15, -0.1) is 0 Å². The van der Waals surface area contributed by atoms with Crippen LogP contribution < -0.4 is 0 Å². The molecule has 4 aliphatic rings. The van der Waals surface area contributed by atoms with Gasteiger partial charge in [0, 0.05) is 5.57 Å². The third-order valence-corrected chi connectivity index (χ3v) is 20.0. The van der Waals surface area contributed by atoms with Crippen molar-refractivity contribution in [2.45, 2.75) is 152 Å². The van der Waals surface area contributed by atoms with Crippen LogP contribution >= 0.6 is 0 Å². The molecule has 0 heterocycles. The lowest BCUT2D eigenvalue weighted by Crippen LogP contribution is -2.46. The molecule has 2 saturated carbocycles. The van der Waals surface area contributed by atoms with Gasteiger partial charge in [0.25, 0.3) is 0 Å². The van der Waals surface area contributed by atoms with Gasteiger partial charge in [-0.2, -0.15) is 0 Å². The van der Waals surface area contributed by atoms with Crippen LogP contribution in [-0.2, 0) is 15.6 Å². The molecule has 294 valence electrons.